The SMILES string of the molecule is C#CC(C)NC(=O)NC(C)(C)C(C)(C)C(=O)O. The Labute approximate surface area is 102 Å². The molecule has 0 rings (SSSR count). The van der Waals surface area contributed by atoms with Gasteiger partial charge in [-0.15, -0.1) is 6.42 Å². The van der Waals surface area contributed by atoms with Gasteiger partial charge in [0.25, 0.3) is 0 Å². The molecule has 96 valence electrons. The van der Waals surface area contributed by atoms with Gasteiger partial charge < -0.3 is 15.7 Å². The summed E-state index contributed by atoms with van der Waals surface area (Å²) in [6.45, 7) is 8.08. The molecule has 0 aromatic carbocycles. The van der Waals surface area contributed by atoms with Crippen molar-refractivity contribution in [3.05, 3.63) is 0 Å². The van der Waals surface area contributed by atoms with Crippen molar-refractivity contribution in [1.82, 2.24) is 10.6 Å². The molecule has 1 atom stereocenters. The Morgan fingerprint density at radius 1 is 1.29 bits per heavy atom. The highest BCUT2D eigenvalue weighted by Crippen LogP contribution is 2.30. The third-order valence-corrected chi connectivity index (χ3v) is 3.12. The molecule has 0 heterocycles. The van der Waals surface area contributed by atoms with E-state index >= 15 is 0 Å². The molecule has 0 radical (unpaired) electrons. The zero-order valence-corrected chi connectivity index (χ0v) is 10.9. The molecular formula is C12H20N2O3. The summed E-state index contributed by atoms with van der Waals surface area (Å²) >= 11 is 0. The van der Waals surface area contributed by atoms with Crippen LogP contribution in [0.4, 0.5) is 4.79 Å². The van der Waals surface area contributed by atoms with E-state index in [-0.39, 0.29) is 0 Å². The van der Waals surface area contributed by atoms with Crippen LogP contribution in [0, 0.1) is 17.8 Å². The predicted octanol–water partition coefficient (Wildman–Crippen LogP) is 1.20. The first kappa shape index (κ1) is 15.3. The van der Waals surface area contributed by atoms with Crippen LogP contribution in [-0.2, 0) is 4.79 Å². The molecule has 0 bridgehead atoms. The molecule has 1 unspecified atom stereocenters. The van der Waals surface area contributed by atoms with Crippen molar-refractivity contribution < 1.29 is 14.7 Å². The zero-order valence-electron chi connectivity index (χ0n) is 10.9. The second-order valence-corrected chi connectivity index (χ2v) is 5.04. The number of terminal acetylenes is 1. The minimum Gasteiger partial charge on any atom is -0.481 e. The highest BCUT2D eigenvalue weighted by molar-refractivity contribution is 5.79. The van der Waals surface area contributed by atoms with Crippen LogP contribution in [-0.4, -0.2) is 28.7 Å². The molecule has 3 N–H and O–H groups in total. The number of hydrogen-bond acceptors (Lipinski definition) is 2. The summed E-state index contributed by atoms with van der Waals surface area (Å²) < 4.78 is 0. The summed E-state index contributed by atoms with van der Waals surface area (Å²) in [5, 5.41) is 14.2. The minimum atomic E-state index is -1.09. The minimum absolute atomic E-state index is 0.404. The number of nitrogens with one attached hydrogen (secondary N) is 2. The van der Waals surface area contributed by atoms with Gasteiger partial charge in [0, 0.05) is 0 Å². The van der Waals surface area contributed by atoms with Crippen molar-refractivity contribution >= 4 is 12.0 Å². The van der Waals surface area contributed by atoms with E-state index in [1.807, 2.05) is 0 Å². The van der Waals surface area contributed by atoms with Crippen LogP contribution in [0.3, 0.4) is 0 Å². The maximum absolute atomic E-state index is 11.6. The van der Waals surface area contributed by atoms with Crippen LogP contribution in [0.25, 0.3) is 0 Å². The summed E-state index contributed by atoms with van der Waals surface area (Å²) in [6, 6.07) is -0.881. The summed E-state index contributed by atoms with van der Waals surface area (Å²) in [5.41, 5.74) is -2.00. The molecule has 17 heavy (non-hydrogen) atoms. The lowest BCUT2D eigenvalue weighted by atomic mass is 9.74. The number of carbonyl (C=O) groups excluding carboxylic acids is 1. The highest BCUT2D eigenvalue weighted by atomic mass is 16.4. The molecule has 0 aliphatic carbocycles. The normalized spacial score (nSPS) is 13.4. The lowest BCUT2D eigenvalue weighted by Crippen LogP contribution is -2.59. The largest absolute Gasteiger partial charge is 0.481 e. The maximum atomic E-state index is 11.6. The molecule has 2 amide bonds. The number of carboxylic acids is 1. The standard InChI is InChI=1S/C12H20N2O3/c1-7-8(2)13-10(17)14-12(5,6)11(3,4)9(15)16/h1,8H,2-6H3,(H,15,16)(H2,13,14,17). The number of carboxylic acid groups (broad SMARTS) is 1. The van der Waals surface area contributed by atoms with Gasteiger partial charge in [-0.3, -0.25) is 4.79 Å². The van der Waals surface area contributed by atoms with E-state index in [9.17, 15) is 9.59 Å². The Morgan fingerprint density at radius 3 is 2.12 bits per heavy atom. The Balaban J connectivity index is 4.72. The molecular weight excluding hydrogens is 220 g/mol. The number of carbonyl (C=O) groups is 2. The van der Waals surface area contributed by atoms with Gasteiger partial charge in [0.15, 0.2) is 0 Å². The van der Waals surface area contributed by atoms with Gasteiger partial charge in [0.2, 0.25) is 0 Å². The Hall–Kier alpha value is -1.70. The second kappa shape index (κ2) is 5.09. The van der Waals surface area contributed by atoms with E-state index in [1.165, 1.54) is 0 Å². The van der Waals surface area contributed by atoms with Gasteiger partial charge in [0.05, 0.1) is 17.0 Å². The molecule has 0 aromatic rings. The fraction of sp³-hybridized carbons (Fsp3) is 0.667. The quantitative estimate of drug-likeness (QED) is 0.646. The van der Waals surface area contributed by atoms with Gasteiger partial charge in [-0.1, -0.05) is 5.92 Å². The lowest BCUT2D eigenvalue weighted by molar-refractivity contribution is -0.150. The topological polar surface area (TPSA) is 78.4 Å². The van der Waals surface area contributed by atoms with Crippen LogP contribution in [0.5, 0.6) is 0 Å². The van der Waals surface area contributed by atoms with E-state index in [1.54, 1.807) is 34.6 Å². The number of hydrogen-bond donors (Lipinski definition) is 3. The second-order valence-electron chi connectivity index (χ2n) is 5.04. The molecule has 0 saturated carbocycles. The fourth-order valence-corrected chi connectivity index (χ4v) is 0.982. The van der Waals surface area contributed by atoms with Gasteiger partial charge in [0.1, 0.15) is 0 Å². The molecule has 0 spiro atoms. The van der Waals surface area contributed by atoms with Crippen LogP contribution in [0.15, 0.2) is 0 Å². The summed E-state index contributed by atoms with van der Waals surface area (Å²) in [7, 11) is 0. The Morgan fingerprint density at radius 2 is 1.76 bits per heavy atom. The summed E-state index contributed by atoms with van der Waals surface area (Å²) in [6.07, 6.45) is 5.13. The van der Waals surface area contributed by atoms with Crippen molar-refractivity contribution in [2.75, 3.05) is 0 Å². The summed E-state index contributed by atoms with van der Waals surface area (Å²) in [5.74, 6) is 1.38. The Kier molecular flexibility index (Phi) is 4.58. The molecule has 5 nitrogen and oxygen atoms in total. The van der Waals surface area contributed by atoms with Gasteiger partial charge >= 0.3 is 12.0 Å². The molecule has 0 aromatic heterocycles. The van der Waals surface area contributed by atoms with E-state index in [4.69, 9.17) is 11.5 Å². The lowest BCUT2D eigenvalue weighted by Gasteiger charge is -2.38. The number of aliphatic carboxylic acids is 1. The number of urea groups is 1. The van der Waals surface area contributed by atoms with Gasteiger partial charge in [-0.2, -0.15) is 0 Å². The van der Waals surface area contributed by atoms with Crippen molar-refractivity contribution in [3.63, 3.8) is 0 Å². The van der Waals surface area contributed by atoms with Crippen molar-refractivity contribution in [3.8, 4) is 12.3 Å². The zero-order chi connectivity index (χ0) is 13.9. The molecule has 0 fully saturated rings. The first-order chi connectivity index (χ1) is 7.54. The number of amides is 2. The average molecular weight is 240 g/mol. The van der Waals surface area contributed by atoms with Crippen LogP contribution < -0.4 is 10.6 Å². The first-order valence-electron chi connectivity index (χ1n) is 5.33. The van der Waals surface area contributed by atoms with Crippen molar-refractivity contribution in [2.45, 2.75) is 46.2 Å². The van der Waals surface area contributed by atoms with Crippen LogP contribution in [0.2, 0.25) is 0 Å². The van der Waals surface area contributed by atoms with E-state index in [0.717, 1.165) is 0 Å². The summed E-state index contributed by atoms with van der Waals surface area (Å²) in [4.78, 5) is 22.7. The third kappa shape index (κ3) is 3.66. The van der Waals surface area contributed by atoms with E-state index in [0.29, 0.717) is 0 Å². The molecule has 0 aliphatic rings. The molecule has 5 heteroatoms. The van der Waals surface area contributed by atoms with Gasteiger partial charge in [-0.05, 0) is 34.6 Å². The van der Waals surface area contributed by atoms with Crippen LogP contribution in [0.1, 0.15) is 34.6 Å². The van der Waals surface area contributed by atoms with Crippen LogP contribution >= 0.6 is 0 Å². The monoisotopic (exact) mass is 240 g/mol. The molecule has 0 saturated heterocycles. The van der Waals surface area contributed by atoms with Crippen molar-refractivity contribution in [2.24, 2.45) is 5.41 Å². The first-order valence-corrected chi connectivity index (χ1v) is 5.33. The number of rotatable bonds is 4. The predicted molar refractivity (Wildman–Crippen MR) is 65.5 cm³/mol. The average Bonchev–Trinajstić information content (AvgIpc) is 2.15. The highest BCUT2D eigenvalue weighted by Gasteiger charge is 2.44. The molecule has 0 aliphatic heterocycles. The fourth-order valence-electron chi connectivity index (χ4n) is 0.982. The van der Waals surface area contributed by atoms with E-state index < -0.39 is 29.0 Å². The van der Waals surface area contributed by atoms with E-state index in [2.05, 4.69) is 16.6 Å². The Bertz CT molecular complexity index is 353. The maximum Gasteiger partial charge on any atom is 0.316 e. The third-order valence-electron chi connectivity index (χ3n) is 3.12. The smallest absolute Gasteiger partial charge is 0.316 e. The van der Waals surface area contributed by atoms with Gasteiger partial charge in [-0.25, -0.2) is 4.79 Å². The van der Waals surface area contributed by atoms with Crippen molar-refractivity contribution in [1.29, 1.82) is 0 Å².